The molecule has 5 nitrogen and oxygen atoms in total. The fraction of sp³-hybridized carbons (Fsp3) is 0.611. The number of anilines is 1. The Hall–Kier alpha value is -1.75. The summed E-state index contributed by atoms with van der Waals surface area (Å²) in [6, 6.07) is 7.72. The van der Waals surface area contributed by atoms with Gasteiger partial charge in [0.25, 0.3) is 0 Å². The third-order valence-electron chi connectivity index (χ3n) is 4.85. The zero-order valence-corrected chi connectivity index (χ0v) is 13.8. The maximum absolute atomic E-state index is 12.2. The van der Waals surface area contributed by atoms with E-state index in [1.165, 1.54) is 19.3 Å². The minimum Gasteiger partial charge on any atom is -0.497 e. The van der Waals surface area contributed by atoms with E-state index >= 15 is 0 Å². The number of amides is 1. The Morgan fingerprint density at radius 2 is 1.96 bits per heavy atom. The van der Waals surface area contributed by atoms with Crippen molar-refractivity contribution in [3.63, 3.8) is 0 Å². The minimum atomic E-state index is -0.366. The van der Waals surface area contributed by atoms with Crippen molar-refractivity contribution >= 4 is 11.8 Å². The maximum atomic E-state index is 12.2. The molecule has 1 aromatic rings. The largest absolute Gasteiger partial charge is 0.497 e. The number of rotatable bonds is 4. The van der Waals surface area contributed by atoms with Crippen LogP contribution in [0.3, 0.4) is 0 Å². The van der Waals surface area contributed by atoms with E-state index < -0.39 is 0 Å². The van der Waals surface area contributed by atoms with Gasteiger partial charge >= 0.3 is 6.09 Å². The van der Waals surface area contributed by atoms with E-state index in [0.717, 1.165) is 38.1 Å². The van der Waals surface area contributed by atoms with Gasteiger partial charge < -0.3 is 9.47 Å². The van der Waals surface area contributed by atoms with E-state index in [-0.39, 0.29) is 12.2 Å². The van der Waals surface area contributed by atoms with Gasteiger partial charge in [-0.05, 0) is 57.3 Å². The average molecular weight is 318 g/mol. The number of hydrogen-bond acceptors (Lipinski definition) is 4. The first kappa shape index (κ1) is 16.1. The molecular weight excluding hydrogens is 292 g/mol. The third kappa shape index (κ3) is 4.16. The van der Waals surface area contributed by atoms with Gasteiger partial charge in [-0.2, -0.15) is 0 Å². The lowest BCUT2D eigenvalue weighted by molar-refractivity contribution is 0.0176. The number of benzene rings is 1. The second kappa shape index (κ2) is 7.68. The first-order valence-electron chi connectivity index (χ1n) is 8.62. The second-order valence-corrected chi connectivity index (χ2v) is 6.40. The first-order valence-corrected chi connectivity index (χ1v) is 8.62. The van der Waals surface area contributed by atoms with Crippen LogP contribution in [0.5, 0.6) is 5.75 Å². The van der Waals surface area contributed by atoms with E-state index in [1.54, 1.807) is 13.2 Å². The fourth-order valence-electron chi connectivity index (χ4n) is 3.69. The van der Waals surface area contributed by atoms with Crippen LogP contribution in [0.2, 0.25) is 0 Å². The molecule has 1 aliphatic carbocycles. The number of carbonyl (C=O) groups is 1. The molecule has 0 unspecified atom stereocenters. The van der Waals surface area contributed by atoms with Crippen molar-refractivity contribution in [2.24, 2.45) is 0 Å². The fourth-order valence-corrected chi connectivity index (χ4v) is 3.69. The number of nitrogens with one attached hydrogen (secondary N) is 1. The molecule has 1 amide bonds. The maximum Gasteiger partial charge on any atom is 0.411 e. The summed E-state index contributed by atoms with van der Waals surface area (Å²) in [7, 11) is 1.61. The average Bonchev–Trinajstić information content (AvgIpc) is 3.10. The number of hydrogen-bond donors (Lipinski definition) is 1. The van der Waals surface area contributed by atoms with Gasteiger partial charge in [-0.25, -0.2) is 4.79 Å². The summed E-state index contributed by atoms with van der Waals surface area (Å²) in [4.78, 5) is 14.8. The summed E-state index contributed by atoms with van der Waals surface area (Å²) in [5.41, 5.74) is 0.697. The SMILES string of the molecule is COc1cccc(NC(=O)O[C@@H]2CCCC[C@H]2N2CCCC2)c1. The summed E-state index contributed by atoms with van der Waals surface area (Å²) < 4.78 is 10.9. The normalized spacial score (nSPS) is 25.1. The van der Waals surface area contributed by atoms with Gasteiger partial charge in [0.15, 0.2) is 0 Å². The molecule has 0 aromatic heterocycles. The molecule has 2 fully saturated rings. The van der Waals surface area contributed by atoms with Crippen LogP contribution in [-0.4, -0.2) is 43.3 Å². The van der Waals surface area contributed by atoms with E-state index in [4.69, 9.17) is 9.47 Å². The highest BCUT2D eigenvalue weighted by molar-refractivity contribution is 5.85. The van der Waals surface area contributed by atoms with Gasteiger partial charge in [-0.1, -0.05) is 12.5 Å². The van der Waals surface area contributed by atoms with Crippen molar-refractivity contribution in [2.45, 2.75) is 50.7 Å². The van der Waals surface area contributed by atoms with Crippen molar-refractivity contribution in [1.29, 1.82) is 0 Å². The summed E-state index contributed by atoms with van der Waals surface area (Å²) in [5.74, 6) is 0.718. The summed E-state index contributed by atoms with van der Waals surface area (Å²) in [6.45, 7) is 2.28. The molecule has 0 radical (unpaired) electrons. The van der Waals surface area contributed by atoms with E-state index in [9.17, 15) is 4.79 Å². The smallest absolute Gasteiger partial charge is 0.411 e. The number of likely N-dealkylation sites (tertiary alicyclic amines) is 1. The van der Waals surface area contributed by atoms with Crippen LogP contribution in [-0.2, 0) is 4.74 Å². The van der Waals surface area contributed by atoms with Gasteiger partial charge in [0.2, 0.25) is 0 Å². The molecular formula is C18H26N2O3. The Bertz CT molecular complexity index is 529. The first-order chi connectivity index (χ1) is 11.3. The molecule has 1 aromatic carbocycles. The predicted octanol–water partition coefficient (Wildman–Crippen LogP) is 3.65. The van der Waals surface area contributed by atoms with Crippen LogP contribution < -0.4 is 10.1 Å². The van der Waals surface area contributed by atoms with E-state index in [0.29, 0.717) is 11.7 Å². The third-order valence-corrected chi connectivity index (χ3v) is 4.85. The minimum absolute atomic E-state index is 0.00691. The van der Waals surface area contributed by atoms with Crippen LogP contribution in [0, 0.1) is 0 Å². The van der Waals surface area contributed by atoms with E-state index in [1.807, 2.05) is 18.2 Å². The molecule has 126 valence electrons. The molecule has 5 heteroatoms. The topological polar surface area (TPSA) is 50.8 Å². The lowest BCUT2D eigenvalue weighted by Crippen LogP contribution is -2.46. The Morgan fingerprint density at radius 1 is 1.17 bits per heavy atom. The number of nitrogens with zero attached hydrogens (tertiary/aromatic N) is 1. The van der Waals surface area contributed by atoms with Crippen molar-refractivity contribution < 1.29 is 14.3 Å². The number of ether oxygens (including phenoxy) is 2. The van der Waals surface area contributed by atoms with Crippen molar-refractivity contribution in [2.75, 3.05) is 25.5 Å². The van der Waals surface area contributed by atoms with Crippen LogP contribution in [0.4, 0.5) is 10.5 Å². The molecule has 1 saturated heterocycles. The Kier molecular flexibility index (Phi) is 5.39. The molecule has 23 heavy (non-hydrogen) atoms. The molecule has 1 aliphatic heterocycles. The molecule has 2 atom stereocenters. The van der Waals surface area contributed by atoms with Gasteiger partial charge in [-0.15, -0.1) is 0 Å². The Morgan fingerprint density at radius 3 is 2.74 bits per heavy atom. The summed E-state index contributed by atoms with van der Waals surface area (Å²) >= 11 is 0. The highest BCUT2D eigenvalue weighted by Gasteiger charge is 2.34. The summed E-state index contributed by atoms with van der Waals surface area (Å²) in [5, 5.41) is 2.82. The van der Waals surface area contributed by atoms with Crippen molar-refractivity contribution in [3.8, 4) is 5.75 Å². The molecule has 0 bridgehead atoms. The monoisotopic (exact) mass is 318 g/mol. The standard InChI is InChI=1S/C18H26N2O3/c1-22-15-8-6-7-14(13-15)19-18(21)23-17-10-3-2-9-16(17)20-11-4-5-12-20/h6-8,13,16-17H,2-5,9-12H2,1H3,(H,19,21)/t16-,17-/m1/s1. The Balaban J connectivity index is 1.58. The van der Waals surface area contributed by atoms with Gasteiger partial charge in [0.1, 0.15) is 11.9 Å². The van der Waals surface area contributed by atoms with Crippen LogP contribution >= 0.6 is 0 Å². The zero-order valence-electron chi connectivity index (χ0n) is 13.8. The highest BCUT2D eigenvalue weighted by atomic mass is 16.6. The van der Waals surface area contributed by atoms with Crippen LogP contribution in [0.25, 0.3) is 0 Å². The van der Waals surface area contributed by atoms with Crippen molar-refractivity contribution in [1.82, 2.24) is 4.90 Å². The molecule has 1 N–H and O–H groups in total. The lowest BCUT2D eigenvalue weighted by atomic mass is 9.91. The van der Waals surface area contributed by atoms with Crippen molar-refractivity contribution in [3.05, 3.63) is 24.3 Å². The molecule has 1 saturated carbocycles. The van der Waals surface area contributed by atoms with Gasteiger partial charge in [0, 0.05) is 17.8 Å². The second-order valence-electron chi connectivity index (χ2n) is 6.40. The molecule has 0 spiro atoms. The van der Waals surface area contributed by atoms with Gasteiger partial charge in [-0.3, -0.25) is 10.2 Å². The molecule has 1 heterocycles. The van der Waals surface area contributed by atoms with E-state index in [2.05, 4.69) is 10.2 Å². The summed E-state index contributed by atoms with van der Waals surface area (Å²) in [6.07, 6.45) is 6.64. The number of carbonyl (C=O) groups excluding carboxylic acids is 1. The molecule has 2 aliphatic rings. The Labute approximate surface area is 137 Å². The lowest BCUT2D eigenvalue weighted by Gasteiger charge is -2.37. The van der Waals surface area contributed by atoms with Gasteiger partial charge in [0.05, 0.1) is 7.11 Å². The highest BCUT2D eigenvalue weighted by Crippen LogP contribution is 2.28. The molecule has 3 rings (SSSR count). The predicted molar refractivity (Wildman–Crippen MR) is 89.9 cm³/mol. The quantitative estimate of drug-likeness (QED) is 0.920. The van der Waals surface area contributed by atoms with Crippen LogP contribution in [0.1, 0.15) is 38.5 Å². The number of methoxy groups -OCH3 is 1. The van der Waals surface area contributed by atoms with Crippen LogP contribution in [0.15, 0.2) is 24.3 Å². The zero-order chi connectivity index (χ0) is 16.1.